The van der Waals surface area contributed by atoms with Gasteiger partial charge < -0.3 is 14.8 Å². The van der Waals surface area contributed by atoms with Crippen LogP contribution in [0.2, 0.25) is 0 Å². The predicted octanol–water partition coefficient (Wildman–Crippen LogP) is 2.17. The summed E-state index contributed by atoms with van der Waals surface area (Å²) in [7, 11) is 0. The molecule has 1 N–H and O–H groups in total. The minimum Gasteiger partial charge on any atom is -0.339 e. The molecule has 0 bridgehead atoms. The maximum absolute atomic E-state index is 4.94. The topological polar surface area (TPSA) is 33.1 Å². The molecule has 2 aliphatic heterocycles. The SMILES string of the molecule is CC1CN(c2nc3cccc4c3n2CCC4)CC(C)N1. The first kappa shape index (κ1) is 12.2. The van der Waals surface area contributed by atoms with Gasteiger partial charge in [0.1, 0.15) is 0 Å². The van der Waals surface area contributed by atoms with Gasteiger partial charge in [-0.25, -0.2) is 4.98 Å². The van der Waals surface area contributed by atoms with Crippen molar-refractivity contribution < 1.29 is 0 Å². The molecule has 1 saturated heterocycles. The van der Waals surface area contributed by atoms with Crippen LogP contribution in [-0.4, -0.2) is 34.7 Å². The number of imidazole rings is 1. The largest absolute Gasteiger partial charge is 0.339 e. The normalized spacial score (nSPS) is 26.2. The zero-order valence-electron chi connectivity index (χ0n) is 12.3. The maximum atomic E-state index is 4.94. The van der Waals surface area contributed by atoms with Gasteiger partial charge in [0.2, 0.25) is 5.95 Å². The molecule has 106 valence electrons. The second kappa shape index (κ2) is 4.48. The van der Waals surface area contributed by atoms with Crippen molar-refractivity contribution in [3.63, 3.8) is 0 Å². The Morgan fingerprint density at radius 3 is 2.80 bits per heavy atom. The summed E-state index contributed by atoms with van der Waals surface area (Å²) in [6.45, 7) is 7.71. The number of aryl methyl sites for hydroxylation is 2. The first-order valence-electron chi connectivity index (χ1n) is 7.71. The van der Waals surface area contributed by atoms with Crippen LogP contribution in [0.5, 0.6) is 0 Å². The number of nitrogens with one attached hydrogen (secondary N) is 1. The Balaban J connectivity index is 1.82. The summed E-state index contributed by atoms with van der Waals surface area (Å²) in [5, 5.41) is 3.60. The van der Waals surface area contributed by atoms with Crippen molar-refractivity contribution in [1.82, 2.24) is 14.9 Å². The number of benzene rings is 1. The number of anilines is 1. The van der Waals surface area contributed by atoms with Crippen LogP contribution in [-0.2, 0) is 13.0 Å². The van der Waals surface area contributed by atoms with Crippen LogP contribution in [0.3, 0.4) is 0 Å². The third kappa shape index (κ3) is 1.82. The average Bonchev–Trinajstić information content (AvgIpc) is 2.80. The molecule has 1 aromatic heterocycles. The van der Waals surface area contributed by atoms with E-state index < -0.39 is 0 Å². The molecule has 0 saturated carbocycles. The van der Waals surface area contributed by atoms with Crippen molar-refractivity contribution in [3.8, 4) is 0 Å². The van der Waals surface area contributed by atoms with Crippen LogP contribution in [0.1, 0.15) is 25.8 Å². The quantitative estimate of drug-likeness (QED) is 0.862. The van der Waals surface area contributed by atoms with Crippen molar-refractivity contribution in [3.05, 3.63) is 23.8 Å². The molecule has 0 aliphatic carbocycles. The van der Waals surface area contributed by atoms with Gasteiger partial charge in [-0.2, -0.15) is 0 Å². The Morgan fingerprint density at radius 1 is 1.20 bits per heavy atom. The van der Waals surface area contributed by atoms with E-state index in [0.717, 1.165) is 25.2 Å². The summed E-state index contributed by atoms with van der Waals surface area (Å²) in [5.41, 5.74) is 3.99. The molecule has 4 rings (SSSR count). The van der Waals surface area contributed by atoms with E-state index in [4.69, 9.17) is 4.98 Å². The van der Waals surface area contributed by atoms with Crippen LogP contribution < -0.4 is 10.2 Å². The van der Waals surface area contributed by atoms with Crippen LogP contribution in [0.25, 0.3) is 11.0 Å². The summed E-state index contributed by atoms with van der Waals surface area (Å²) in [4.78, 5) is 7.40. The zero-order valence-corrected chi connectivity index (χ0v) is 12.3. The van der Waals surface area contributed by atoms with Crippen LogP contribution in [0.4, 0.5) is 5.95 Å². The predicted molar refractivity (Wildman–Crippen MR) is 82.3 cm³/mol. The Morgan fingerprint density at radius 2 is 2.00 bits per heavy atom. The molecule has 20 heavy (non-hydrogen) atoms. The van der Waals surface area contributed by atoms with E-state index in [1.807, 2.05) is 0 Å². The van der Waals surface area contributed by atoms with E-state index in [-0.39, 0.29) is 0 Å². The summed E-state index contributed by atoms with van der Waals surface area (Å²) in [5.74, 6) is 1.17. The number of piperazine rings is 1. The number of rotatable bonds is 1. The van der Waals surface area contributed by atoms with E-state index in [1.165, 1.54) is 29.9 Å². The lowest BCUT2D eigenvalue weighted by molar-refractivity contribution is 0.400. The smallest absolute Gasteiger partial charge is 0.206 e. The highest BCUT2D eigenvalue weighted by Gasteiger charge is 2.26. The number of hydrogen-bond donors (Lipinski definition) is 1. The van der Waals surface area contributed by atoms with Crippen molar-refractivity contribution >= 4 is 17.0 Å². The van der Waals surface area contributed by atoms with Crippen LogP contribution >= 0.6 is 0 Å². The molecule has 4 nitrogen and oxygen atoms in total. The third-order valence-electron chi connectivity index (χ3n) is 4.50. The van der Waals surface area contributed by atoms with Gasteiger partial charge in [0.15, 0.2) is 0 Å². The Labute approximate surface area is 119 Å². The molecular weight excluding hydrogens is 248 g/mol. The molecule has 4 heteroatoms. The van der Waals surface area contributed by atoms with Crippen LogP contribution in [0.15, 0.2) is 18.2 Å². The van der Waals surface area contributed by atoms with Gasteiger partial charge in [-0.15, -0.1) is 0 Å². The van der Waals surface area contributed by atoms with Gasteiger partial charge in [-0.1, -0.05) is 12.1 Å². The van der Waals surface area contributed by atoms with Crippen molar-refractivity contribution in [2.24, 2.45) is 0 Å². The highest BCUT2D eigenvalue weighted by atomic mass is 15.3. The van der Waals surface area contributed by atoms with Crippen molar-refractivity contribution in [2.45, 2.75) is 45.3 Å². The van der Waals surface area contributed by atoms with Gasteiger partial charge >= 0.3 is 0 Å². The number of para-hydroxylation sites is 1. The molecule has 2 atom stereocenters. The van der Waals surface area contributed by atoms with Gasteiger partial charge in [0.05, 0.1) is 11.0 Å². The van der Waals surface area contributed by atoms with Gasteiger partial charge in [0.25, 0.3) is 0 Å². The molecule has 2 aromatic rings. The number of aromatic nitrogens is 2. The molecule has 0 amide bonds. The Bertz CT molecular complexity index is 635. The lowest BCUT2D eigenvalue weighted by Crippen LogP contribution is -2.55. The molecule has 2 unspecified atom stereocenters. The van der Waals surface area contributed by atoms with E-state index in [1.54, 1.807) is 0 Å². The van der Waals surface area contributed by atoms with Crippen molar-refractivity contribution in [1.29, 1.82) is 0 Å². The molecular formula is C16H22N4. The van der Waals surface area contributed by atoms with Gasteiger partial charge in [-0.05, 0) is 38.3 Å². The fourth-order valence-electron chi connectivity index (χ4n) is 3.82. The summed E-state index contributed by atoms with van der Waals surface area (Å²) in [6, 6.07) is 7.60. The van der Waals surface area contributed by atoms with Gasteiger partial charge in [0, 0.05) is 31.7 Å². The second-order valence-corrected chi connectivity index (χ2v) is 6.33. The molecule has 2 aliphatic rings. The Kier molecular flexibility index (Phi) is 2.74. The molecule has 0 spiro atoms. The summed E-state index contributed by atoms with van der Waals surface area (Å²) in [6.07, 6.45) is 2.42. The lowest BCUT2D eigenvalue weighted by Gasteiger charge is -2.37. The molecule has 1 aromatic carbocycles. The second-order valence-electron chi connectivity index (χ2n) is 6.33. The molecule has 1 fully saturated rings. The lowest BCUT2D eigenvalue weighted by atomic mass is 10.0. The van der Waals surface area contributed by atoms with E-state index >= 15 is 0 Å². The summed E-state index contributed by atoms with van der Waals surface area (Å²) >= 11 is 0. The van der Waals surface area contributed by atoms with E-state index in [9.17, 15) is 0 Å². The molecule has 3 heterocycles. The fourth-order valence-corrected chi connectivity index (χ4v) is 3.82. The van der Waals surface area contributed by atoms with Crippen LogP contribution in [0, 0.1) is 0 Å². The monoisotopic (exact) mass is 270 g/mol. The first-order valence-corrected chi connectivity index (χ1v) is 7.71. The number of nitrogens with zero attached hydrogens (tertiary/aromatic N) is 3. The Hall–Kier alpha value is -1.55. The highest BCUT2D eigenvalue weighted by Crippen LogP contribution is 2.30. The van der Waals surface area contributed by atoms with E-state index in [0.29, 0.717) is 12.1 Å². The zero-order chi connectivity index (χ0) is 13.7. The standard InChI is InChI=1S/C16H22N4/c1-11-9-19(10-12(2)17-11)16-18-14-7-3-5-13-6-4-8-20(16)15(13)14/h3,5,7,11-12,17H,4,6,8-10H2,1-2H3. The molecule has 0 radical (unpaired) electrons. The number of hydrogen-bond acceptors (Lipinski definition) is 3. The first-order chi connectivity index (χ1) is 9.72. The maximum Gasteiger partial charge on any atom is 0.206 e. The fraction of sp³-hybridized carbons (Fsp3) is 0.562. The highest BCUT2D eigenvalue weighted by molar-refractivity contribution is 5.83. The van der Waals surface area contributed by atoms with E-state index in [2.05, 4.69) is 46.8 Å². The minimum atomic E-state index is 0.523. The van der Waals surface area contributed by atoms with Crippen molar-refractivity contribution in [2.75, 3.05) is 18.0 Å². The van der Waals surface area contributed by atoms with Gasteiger partial charge in [-0.3, -0.25) is 0 Å². The average molecular weight is 270 g/mol. The summed E-state index contributed by atoms with van der Waals surface area (Å²) < 4.78 is 2.44. The minimum absolute atomic E-state index is 0.523. The third-order valence-corrected chi connectivity index (χ3v) is 4.50.